The molecule has 8 nitrogen and oxygen atoms in total. The average molecular weight is 671 g/mol. The lowest BCUT2D eigenvalue weighted by Crippen LogP contribution is -2.29. The fourth-order valence-electron chi connectivity index (χ4n) is 6.62. The minimum atomic E-state index is 0.0874. The summed E-state index contributed by atoms with van der Waals surface area (Å²) in [7, 11) is 0. The summed E-state index contributed by atoms with van der Waals surface area (Å²) >= 11 is 0. The van der Waals surface area contributed by atoms with Crippen molar-refractivity contribution >= 4 is 22.2 Å². The summed E-state index contributed by atoms with van der Waals surface area (Å²) in [6.45, 7) is 5.10. The van der Waals surface area contributed by atoms with Gasteiger partial charge < -0.3 is 29.8 Å². The number of hydrogen-bond acceptors (Lipinski definition) is 8. The molecule has 0 saturated heterocycles. The smallest absolute Gasteiger partial charge is 0.198 e. The number of fused-ring (bicyclic) bond motifs is 2. The summed E-state index contributed by atoms with van der Waals surface area (Å²) < 4.78 is 49.4. The summed E-state index contributed by atoms with van der Waals surface area (Å²) in [5, 5.41) is 0. The molecule has 0 bridgehead atoms. The van der Waals surface area contributed by atoms with Crippen LogP contribution in [0.15, 0.2) is 93.3 Å². The number of benzene rings is 3. The van der Waals surface area contributed by atoms with Crippen molar-refractivity contribution < 1.29 is 27.1 Å². The second-order valence-corrected chi connectivity index (χ2v) is 13.6. The first-order valence-corrected chi connectivity index (χ1v) is 16.9. The fourth-order valence-corrected chi connectivity index (χ4v) is 6.62. The number of aromatic nitrogens is 2. The van der Waals surface area contributed by atoms with Crippen LogP contribution in [0.1, 0.15) is 74.3 Å². The highest BCUT2D eigenvalue weighted by molar-refractivity contribution is 5.75. The van der Waals surface area contributed by atoms with Crippen LogP contribution in [0.4, 0.5) is 8.78 Å². The monoisotopic (exact) mass is 670 g/mol. The van der Waals surface area contributed by atoms with Crippen LogP contribution in [-0.2, 0) is 12.8 Å². The summed E-state index contributed by atoms with van der Waals surface area (Å²) in [5.74, 6) is 3.14. The zero-order valence-electron chi connectivity index (χ0n) is 28.1. The van der Waals surface area contributed by atoms with E-state index in [1.54, 1.807) is 12.1 Å². The van der Waals surface area contributed by atoms with Gasteiger partial charge in [-0.25, -0.2) is 18.7 Å². The predicted octanol–water partition coefficient (Wildman–Crippen LogP) is 8.60. The third-order valence-electron chi connectivity index (χ3n) is 9.62. The SMILES string of the molecule is CC1(C)CCC(c2nc3ccc(OC/C(=C/F)CN)cc3o2)CC1c1cccc(CCCc2nc3ccc(OC/C(=C/F)CN)cc3o2)c1. The molecule has 10 heteroatoms. The first kappa shape index (κ1) is 34.3. The number of aryl methyl sites for hydroxylation is 2. The van der Waals surface area contributed by atoms with Crippen molar-refractivity contribution in [3.63, 3.8) is 0 Å². The number of halogens is 2. The van der Waals surface area contributed by atoms with E-state index in [0.29, 0.717) is 64.7 Å². The van der Waals surface area contributed by atoms with E-state index in [2.05, 4.69) is 43.1 Å². The van der Waals surface area contributed by atoms with E-state index in [0.717, 1.165) is 49.0 Å². The van der Waals surface area contributed by atoms with Gasteiger partial charge in [0.2, 0.25) is 0 Å². The van der Waals surface area contributed by atoms with E-state index >= 15 is 0 Å². The molecule has 2 aromatic heterocycles. The number of ether oxygens (including phenoxy) is 2. The Balaban J connectivity index is 1.09. The van der Waals surface area contributed by atoms with Gasteiger partial charge in [0.25, 0.3) is 0 Å². The molecular weight excluding hydrogens is 626 g/mol. The summed E-state index contributed by atoms with van der Waals surface area (Å²) in [5.41, 5.74) is 17.4. The molecule has 1 fully saturated rings. The highest BCUT2D eigenvalue weighted by atomic mass is 19.1. The molecule has 258 valence electrons. The van der Waals surface area contributed by atoms with Crippen LogP contribution in [0.5, 0.6) is 11.5 Å². The van der Waals surface area contributed by atoms with Crippen LogP contribution < -0.4 is 20.9 Å². The molecule has 0 aliphatic heterocycles. The largest absolute Gasteiger partial charge is 0.489 e. The highest BCUT2D eigenvalue weighted by Crippen LogP contribution is 2.51. The summed E-state index contributed by atoms with van der Waals surface area (Å²) in [4.78, 5) is 9.50. The maximum atomic E-state index is 12.9. The molecule has 1 aliphatic carbocycles. The molecule has 5 aromatic rings. The molecule has 4 N–H and O–H groups in total. The van der Waals surface area contributed by atoms with Crippen LogP contribution in [0.2, 0.25) is 0 Å². The molecule has 2 atom stereocenters. The van der Waals surface area contributed by atoms with Gasteiger partial charge in [0.15, 0.2) is 22.9 Å². The van der Waals surface area contributed by atoms with Crippen molar-refractivity contribution in [2.75, 3.05) is 26.3 Å². The molecule has 2 unspecified atom stereocenters. The normalized spacial score (nSPS) is 18.3. The molecule has 1 saturated carbocycles. The van der Waals surface area contributed by atoms with E-state index in [4.69, 9.17) is 34.8 Å². The molecule has 1 aliphatic rings. The van der Waals surface area contributed by atoms with Crippen LogP contribution in [-0.4, -0.2) is 36.3 Å². The third kappa shape index (κ3) is 8.20. The Morgan fingerprint density at radius 1 is 0.857 bits per heavy atom. The van der Waals surface area contributed by atoms with Crippen molar-refractivity contribution in [1.29, 1.82) is 0 Å². The minimum absolute atomic E-state index is 0.0874. The van der Waals surface area contributed by atoms with Gasteiger partial charge in [-0.2, -0.15) is 0 Å². The molecule has 2 heterocycles. The Kier molecular flexibility index (Phi) is 10.7. The van der Waals surface area contributed by atoms with Gasteiger partial charge in [-0.05, 0) is 78.8 Å². The number of oxazole rings is 2. The van der Waals surface area contributed by atoms with Gasteiger partial charge in [0.1, 0.15) is 35.7 Å². The zero-order valence-corrected chi connectivity index (χ0v) is 28.1. The molecule has 0 radical (unpaired) electrons. The minimum Gasteiger partial charge on any atom is -0.489 e. The average Bonchev–Trinajstić information content (AvgIpc) is 3.72. The van der Waals surface area contributed by atoms with Crippen LogP contribution in [0.3, 0.4) is 0 Å². The quantitative estimate of drug-likeness (QED) is 0.120. The van der Waals surface area contributed by atoms with Crippen molar-refractivity contribution in [2.45, 2.75) is 64.2 Å². The second kappa shape index (κ2) is 15.3. The lowest BCUT2D eigenvalue weighted by atomic mass is 9.63. The molecule has 0 spiro atoms. The van der Waals surface area contributed by atoms with Gasteiger partial charge in [-0.15, -0.1) is 0 Å². The molecular formula is C39H44F2N4O4. The van der Waals surface area contributed by atoms with E-state index in [1.165, 1.54) is 11.1 Å². The summed E-state index contributed by atoms with van der Waals surface area (Å²) in [6.07, 6.45) is 6.48. The van der Waals surface area contributed by atoms with E-state index in [9.17, 15) is 8.78 Å². The first-order chi connectivity index (χ1) is 23.8. The fraction of sp³-hybridized carbons (Fsp3) is 0.385. The Labute approximate surface area is 285 Å². The van der Waals surface area contributed by atoms with Gasteiger partial charge >= 0.3 is 0 Å². The van der Waals surface area contributed by atoms with E-state index < -0.39 is 0 Å². The van der Waals surface area contributed by atoms with E-state index in [-0.39, 0.29) is 37.6 Å². The standard InChI is InChI=1S/C39H44F2N4O4/c1-39(2)14-13-29(38-45-34-12-10-31(18-36(34)49-38)47-24-27(20-41)22-43)16-32(39)28-7-3-5-25(15-28)6-4-8-37-44-33-11-9-30(17-35(33)48-37)46-23-26(19-40)21-42/h3,5,7,9-12,15,17-20,29,32H,4,6,8,13-14,16,21-24,42-43H2,1-2H3/b26-19+,27-20+. The van der Waals surface area contributed by atoms with Crippen molar-refractivity contribution in [3.8, 4) is 11.5 Å². The molecule has 6 rings (SSSR count). The molecule has 49 heavy (non-hydrogen) atoms. The van der Waals surface area contributed by atoms with Gasteiger partial charge in [-0.3, -0.25) is 0 Å². The zero-order chi connectivity index (χ0) is 34.4. The molecule has 3 aromatic carbocycles. The topological polar surface area (TPSA) is 123 Å². The third-order valence-corrected chi connectivity index (χ3v) is 9.62. The van der Waals surface area contributed by atoms with Gasteiger partial charge in [0, 0.05) is 48.7 Å². The lowest BCUT2D eigenvalue weighted by molar-refractivity contribution is 0.171. The van der Waals surface area contributed by atoms with Gasteiger partial charge in [0.05, 0.1) is 12.7 Å². The van der Waals surface area contributed by atoms with Crippen LogP contribution in [0.25, 0.3) is 22.2 Å². The van der Waals surface area contributed by atoms with Crippen molar-refractivity contribution in [2.24, 2.45) is 16.9 Å². The second-order valence-electron chi connectivity index (χ2n) is 13.6. The Morgan fingerprint density at radius 3 is 2.16 bits per heavy atom. The number of hydrogen-bond donors (Lipinski definition) is 2. The Hall–Kier alpha value is -4.54. The number of rotatable bonds is 14. The molecule has 0 amide bonds. The van der Waals surface area contributed by atoms with Crippen molar-refractivity contribution in [3.05, 3.63) is 107 Å². The summed E-state index contributed by atoms with van der Waals surface area (Å²) in [6, 6.07) is 19.9. The predicted molar refractivity (Wildman–Crippen MR) is 187 cm³/mol. The maximum absolute atomic E-state index is 12.9. The maximum Gasteiger partial charge on any atom is 0.198 e. The lowest BCUT2D eigenvalue weighted by Gasteiger charge is -2.42. The Morgan fingerprint density at radius 2 is 1.51 bits per heavy atom. The van der Waals surface area contributed by atoms with Crippen LogP contribution >= 0.6 is 0 Å². The van der Waals surface area contributed by atoms with Gasteiger partial charge in [-0.1, -0.05) is 38.1 Å². The van der Waals surface area contributed by atoms with E-state index in [1.807, 2.05) is 24.3 Å². The first-order valence-electron chi connectivity index (χ1n) is 16.9. The highest BCUT2D eigenvalue weighted by Gasteiger charge is 2.39. The van der Waals surface area contributed by atoms with Crippen molar-refractivity contribution in [1.82, 2.24) is 9.97 Å². The Bertz CT molecular complexity index is 1950. The number of nitrogens with zero attached hydrogens (tertiary/aromatic N) is 2. The van der Waals surface area contributed by atoms with Crippen LogP contribution in [0, 0.1) is 5.41 Å². The number of nitrogens with two attached hydrogens (primary N) is 2.